The van der Waals surface area contributed by atoms with E-state index in [0.29, 0.717) is 35.9 Å². The standard InChI is InChI=1S/C22H20N2O8/c1-13-9-16(17(25)12-30-22(26)20-7-8-21(32-20)24(27)28)14(2)23(13)10-15-11-29-18-5-3-4-6-19(18)31-15/h3-9,15H,10-12H2,1-2H3/t15-/m1/s1. The highest BCUT2D eigenvalue weighted by Gasteiger charge is 2.25. The average Bonchev–Trinajstić information content (AvgIpc) is 3.38. The van der Waals surface area contributed by atoms with Crippen molar-refractivity contribution < 1.29 is 33.1 Å². The first-order valence-electron chi connectivity index (χ1n) is 9.83. The molecule has 0 N–H and O–H groups in total. The minimum absolute atomic E-state index is 0.231. The number of ether oxygens (including phenoxy) is 3. The Kier molecular flexibility index (Phi) is 5.67. The van der Waals surface area contributed by atoms with Gasteiger partial charge in [0.25, 0.3) is 0 Å². The van der Waals surface area contributed by atoms with Gasteiger partial charge < -0.3 is 23.2 Å². The molecule has 0 fully saturated rings. The molecule has 3 heterocycles. The highest BCUT2D eigenvalue weighted by molar-refractivity contribution is 6.00. The van der Waals surface area contributed by atoms with Gasteiger partial charge in [-0.1, -0.05) is 12.1 Å². The van der Waals surface area contributed by atoms with Crippen LogP contribution in [0.25, 0.3) is 0 Å². The lowest BCUT2D eigenvalue weighted by Gasteiger charge is -2.27. The van der Waals surface area contributed by atoms with Crippen LogP contribution in [0.5, 0.6) is 11.5 Å². The molecule has 0 amide bonds. The predicted molar refractivity (Wildman–Crippen MR) is 110 cm³/mol. The molecule has 2 aromatic heterocycles. The zero-order valence-electron chi connectivity index (χ0n) is 17.4. The molecule has 3 aromatic rings. The molecule has 10 nitrogen and oxygen atoms in total. The lowest BCUT2D eigenvalue weighted by molar-refractivity contribution is -0.402. The zero-order chi connectivity index (χ0) is 22.8. The summed E-state index contributed by atoms with van der Waals surface area (Å²) in [7, 11) is 0. The number of aromatic nitrogens is 1. The number of fused-ring (bicyclic) bond motifs is 1. The van der Waals surface area contributed by atoms with E-state index in [1.54, 1.807) is 13.0 Å². The Morgan fingerprint density at radius 1 is 1.19 bits per heavy atom. The van der Waals surface area contributed by atoms with Gasteiger partial charge in [0.15, 0.2) is 24.2 Å². The van der Waals surface area contributed by atoms with Crippen molar-refractivity contribution in [1.29, 1.82) is 0 Å². The van der Waals surface area contributed by atoms with Crippen LogP contribution in [0.4, 0.5) is 5.88 Å². The third-order valence-corrected chi connectivity index (χ3v) is 5.14. The molecule has 0 saturated heterocycles. The van der Waals surface area contributed by atoms with Gasteiger partial charge in [0, 0.05) is 17.0 Å². The number of hydrogen-bond acceptors (Lipinski definition) is 8. The largest absolute Gasteiger partial charge is 0.486 e. The summed E-state index contributed by atoms with van der Waals surface area (Å²) in [6.45, 7) is 4.01. The first kappa shape index (κ1) is 21.2. The third-order valence-electron chi connectivity index (χ3n) is 5.14. The second-order valence-electron chi connectivity index (χ2n) is 7.29. The van der Waals surface area contributed by atoms with Crippen molar-refractivity contribution in [3.8, 4) is 11.5 Å². The summed E-state index contributed by atoms with van der Waals surface area (Å²) >= 11 is 0. The van der Waals surface area contributed by atoms with Gasteiger partial charge in [0.1, 0.15) is 11.5 Å². The quantitative estimate of drug-likeness (QED) is 0.237. The first-order valence-corrected chi connectivity index (χ1v) is 9.83. The molecule has 1 aliphatic heterocycles. The summed E-state index contributed by atoms with van der Waals surface area (Å²) in [5.74, 6) is -0.901. The van der Waals surface area contributed by atoms with E-state index in [-0.39, 0.29) is 11.9 Å². The average molecular weight is 440 g/mol. The number of ketones is 1. The second kappa shape index (κ2) is 8.58. The van der Waals surface area contributed by atoms with Gasteiger partial charge in [-0.3, -0.25) is 14.9 Å². The number of nitro groups is 1. The van der Waals surface area contributed by atoms with Crippen LogP contribution in [0.1, 0.15) is 32.3 Å². The van der Waals surface area contributed by atoms with Crippen molar-refractivity contribution in [2.75, 3.05) is 13.2 Å². The summed E-state index contributed by atoms with van der Waals surface area (Å²) in [6.07, 6.45) is -0.231. The number of furan rings is 1. The van der Waals surface area contributed by atoms with Crippen LogP contribution < -0.4 is 9.47 Å². The maximum absolute atomic E-state index is 12.7. The van der Waals surface area contributed by atoms with Crippen LogP contribution >= 0.6 is 0 Å². The maximum Gasteiger partial charge on any atom is 0.433 e. The number of Topliss-reactive ketones (excluding diaryl/α,β-unsaturated/α-hetero) is 1. The van der Waals surface area contributed by atoms with Crippen LogP contribution in [0.3, 0.4) is 0 Å². The first-order chi connectivity index (χ1) is 15.3. The maximum atomic E-state index is 12.7. The van der Waals surface area contributed by atoms with Gasteiger partial charge in [0.2, 0.25) is 11.5 Å². The van der Waals surface area contributed by atoms with E-state index in [1.807, 2.05) is 35.8 Å². The Morgan fingerprint density at radius 3 is 2.66 bits per heavy atom. The number of aryl methyl sites for hydroxylation is 1. The van der Waals surface area contributed by atoms with E-state index in [9.17, 15) is 19.7 Å². The fourth-order valence-electron chi connectivity index (χ4n) is 3.54. The number of nitrogens with zero attached hydrogens (tertiary/aromatic N) is 2. The smallest absolute Gasteiger partial charge is 0.433 e. The van der Waals surface area contributed by atoms with Crippen molar-refractivity contribution in [3.05, 3.63) is 75.3 Å². The minimum atomic E-state index is -0.952. The van der Waals surface area contributed by atoms with Crippen LogP contribution in [0, 0.1) is 24.0 Å². The van der Waals surface area contributed by atoms with E-state index in [4.69, 9.17) is 18.6 Å². The van der Waals surface area contributed by atoms with E-state index in [0.717, 1.165) is 17.8 Å². The number of carbonyl (C=O) groups is 2. The van der Waals surface area contributed by atoms with E-state index in [1.165, 1.54) is 0 Å². The fraction of sp³-hybridized carbons (Fsp3) is 0.273. The van der Waals surface area contributed by atoms with Crippen LogP contribution in [0.15, 0.2) is 46.9 Å². The summed E-state index contributed by atoms with van der Waals surface area (Å²) in [4.78, 5) is 34.5. The molecule has 1 atom stereocenters. The Bertz CT molecular complexity index is 1190. The predicted octanol–water partition coefficient (Wildman–Crippen LogP) is 3.49. The number of carbonyl (C=O) groups excluding carboxylic acids is 2. The Hall–Kier alpha value is -4.08. The number of benzene rings is 1. The molecule has 166 valence electrons. The summed E-state index contributed by atoms with van der Waals surface area (Å²) in [6, 6.07) is 11.3. The molecule has 1 aliphatic rings. The molecular formula is C22H20N2O8. The highest BCUT2D eigenvalue weighted by atomic mass is 16.7. The molecular weight excluding hydrogens is 420 g/mol. The fourth-order valence-corrected chi connectivity index (χ4v) is 3.54. The molecule has 0 spiro atoms. The van der Waals surface area contributed by atoms with Crippen LogP contribution in [-0.2, 0) is 11.3 Å². The lowest BCUT2D eigenvalue weighted by Crippen LogP contribution is -2.33. The molecule has 0 aliphatic carbocycles. The summed E-state index contributed by atoms with van der Waals surface area (Å²) < 4.78 is 23.5. The van der Waals surface area contributed by atoms with Gasteiger partial charge >= 0.3 is 11.9 Å². The number of hydrogen-bond donors (Lipinski definition) is 0. The van der Waals surface area contributed by atoms with Gasteiger partial charge in [-0.2, -0.15) is 0 Å². The molecule has 32 heavy (non-hydrogen) atoms. The molecule has 0 saturated carbocycles. The van der Waals surface area contributed by atoms with Crippen molar-refractivity contribution in [1.82, 2.24) is 4.57 Å². The number of rotatable bonds is 7. The lowest BCUT2D eigenvalue weighted by atomic mass is 10.1. The Labute approximate surface area is 182 Å². The molecule has 4 rings (SSSR count). The topological polar surface area (TPSA) is 123 Å². The van der Waals surface area contributed by atoms with Gasteiger partial charge in [-0.15, -0.1) is 0 Å². The third kappa shape index (κ3) is 4.20. The van der Waals surface area contributed by atoms with Crippen molar-refractivity contribution in [2.45, 2.75) is 26.5 Å². The van der Waals surface area contributed by atoms with Crippen LogP contribution in [-0.4, -0.2) is 40.6 Å². The van der Waals surface area contributed by atoms with Gasteiger partial charge in [-0.05, 0) is 38.1 Å². The van der Waals surface area contributed by atoms with Crippen molar-refractivity contribution in [2.24, 2.45) is 0 Å². The SMILES string of the molecule is Cc1cc(C(=O)COC(=O)c2ccc([N+](=O)[O-])o2)c(C)n1C[C@@H]1COc2ccccc2O1. The molecule has 0 bridgehead atoms. The van der Waals surface area contributed by atoms with E-state index < -0.39 is 29.2 Å². The van der Waals surface area contributed by atoms with E-state index in [2.05, 4.69) is 0 Å². The monoisotopic (exact) mass is 440 g/mol. The normalized spacial score (nSPS) is 14.8. The molecule has 1 aromatic carbocycles. The zero-order valence-corrected chi connectivity index (χ0v) is 17.4. The Balaban J connectivity index is 1.40. The molecule has 0 unspecified atom stereocenters. The minimum Gasteiger partial charge on any atom is -0.486 e. The number of esters is 1. The summed E-state index contributed by atoms with van der Waals surface area (Å²) in [5.41, 5.74) is 1.97. The second-order valence-corrected chi connectivity index (χ2v) is 7.29. The Morgan fingerprint density at radius 2 is 1.94 bits per heavy atom. The van der Waals surface area contributed by atoms with Gasteiger partial charge in [-0.25, -0.2) is 4.79 Å². The highest BCUT2D eigenvalue weighted by Crippen LogP contribution is 2.31. The summed E-state index contributed by atoms with van der Waals surface area (Å²) in [5, 5.41) is 10.6. The van der Waals surface area contributed by atoms with Crippen molar-refractivity contribution in [3.63, 3.8) is 0 Å². The van der Waals surface area contributed by atoms with Gasteiger partial charge in [0.05, 0.1) is 12.6 Å². The molecule has 0 radical (unpaired) electrons. The van der Waals surface area contributed by atoms with Crippen LogP contribution in [0.2, 0.25) is 0 Å². The van der Waals surface area contributed by atoms with E-state index >= 15 is 0 Å². The number of para-hydroxylation sites is 2. The molecule has 10 heteroatoms. The van der Waals surface area contributed by atoms with Crippen molar-refractivity contribution >= 4 is 17.6 Å².